The summed E-state index contributed by atoms with van der Waals surface area (Å²) in [7, 11) is 1.50. The number of carbonyl (C=O) groups excluding carboxylic acids is 2. The summed E-state index contributed by atoms with van der Waals surface area (Å²) >= 11 is 0. The number of aryl methyl sites for hydroxylation is 2. The summed E-state index contributed by atoms with van der Waals surface area (Å²) in [5.74, 6) is 13.1. The summed E-state index contributed by atoms with van der Waals surface area (Å²) in [6.45, 7) is 8.12. The molecule has 85 heavy (non-hydrogen) atoms. The number of fused-ring (bicyclic) bond motifs is 11. The molecule has 9 N–H and O–H groups in total. The topological polar surface area (TPSA) is 196 Å². The SMILES string of the molecule is COc1cc2c(cc1O)[C@H](c1ccccc1CCC(C)C)C#C[C@@H]1C[C@@H]3CC4=CCNC(=C4)Nc4ccc5ccc(c(O)c5c4)C[C@@H](O)CNC[C@H](C)c4c[nH]c(c4)[C@]45CCCC[C@H]4C#CCCCC[C@@H]([C@@H](C3)C[C@@H]1C(=O)[C@H](O)C(=O)CC2)[C@@H]5O. The standard InChI is InChI=1S/C73H88N4O8/c1-44(2)18-19-48-13-9-10-16-58(48)60-26-23-50-32-47-31-46-28-30-75-68(34-46)77-56-25-22-49-20-21-52(69(81)63(49)39-56)35-57(78)43-74-41-45(3)54-38-67(76-42-54)73-29-12-11-15-55(73)14-7-5-6-8-17-59(72(73)84)53(33-47)36-62(50)70(82)71(83)64(79)27-24-51-37-66(85-4)65(80)40-61(51)60/h9-10,13,16,20-22,25,28,34,37-40,42,44-45,47,50,53,55,57,59-60,62,71-72,74-78,80-81,83-84H,5-6,8,11-12,15,17-19,24,27,29-33,35-36,41,43H2,1-4H3/t45-,47-,50+,53-,55+,57+,59-,60-,62-,71+,72-,73-/m0/s1. The van der Waals surface area contributed by atoms with Gasteiger partial charge >= 0.3 is 0 Å². The molecule has 3 heterocycles. The minimum absolute atomic E-state index is 0.0299. The molecule has 0 saturated heterocycles. The Labute approximate surface area is 502 Å². The number of β-amino-alcohol motifs (C(OH)–C–C–N with tert-alkyl or cyclic N) is 1. The number of rotatable bonds is 5. The number of H-pyrrole nitrogens is 1. The van der Waals surface area contributed by atoms with Crippen molar-refractivity contribution in [1.29, 1.82) is 0 Å². The molecular weight excluding hydrogens is 1060 g/mol. The van der Waals surface area contributed by atoms with Crippen LogP contribution >= 0.6 is 0 Å². The number of dihydropyridines is 1. The van der Waals surface area contributed by atoms with Crippen molar-refractivity contribution >= 4 is 28.0 Å². The number of aliphatic hydroxyl groups is 3. The molecule has 1 spiro atoms. The average Bonchev–Trinajstić information content (AvgIpc) is 2.19. The third kappa shape index (κ3) is 13.0. The fourth-order valence-electron chi connectivity index (χ4n) is 15.5. The van der Waals surface area contributed by atoms with E-state index >= 15 is 4.79 Å². The van der Waals surface area contributed by atoms with Crippen LogP contribution in [0.4, 0.5) is 5.69 Å². The van der Waals surface area contributed by atoms with Crippen LogP contribution in [0.25, 0.3) is 10.8 Å². The lowest BCUT2D eigenvalue weighted by Crippen LogP contribution is -2.53. The molecule has 11 bridgehead atoms. The van der Waals surface area contributed by atoms with Crippen LogP contribution in [0.2, 0.25) is 0 Å². The number of anilines is 1. The molecule has 6 aliphatic rings. The van der Waals surface area contributed by atoms with Crippen LogP contribution in [0.1, 0.15) is 162 Å². The van der Waals surface area contributed by atoms with Gasteiger partial charge in [0.2, 0.25) is 0 Å². The molecule has 11 rings (SSSR count). The molecule has 2 aliphatic heterocycles. The largest absolute Gasteiger partial charge is 0.507 e. The first-order valence-electron chi connectivity index (χ1n) is 31.8. The van der Waals surface area contributed by atoms with Crippen LogP contribution in [0.5, 0.6) is 17.2 Å². The highest BCUT2D eigenvalue weighted by molar-refractivity contribution is 6.06. The predicted octanol–water partition coefficient (Wildman–Crippen LogP) is 11.6. The van der Waals surface area contributed by atoms with Crippen LogP contribution < -0.4 is 20.7 Å². The van der Waals surface area contributed by atoms with Gasteiger partial charge in [0.15, 0.2) is 29.2 Å². The van der Waals surface area contributed by atoms with Gasteiger partial charge in [0.25, 0.3) is 0 Å². The Bertz CT molecular complexity index is 3450. The second-order valence-corrected chi connectivity index (χ2v) is 26.2. The number of aromatic nitrogens is 1. The van der Waals surface area contributed by atoms with Crippen molar-refractivity contribution < 1.29 is 39.9 Å². The van der Waals surface area contributed by atoms with Crippen molar-refractivity contribution in [3.05, 3.63) is 142 Å². The summed E-state index contributed by atoms with van der Waals surface area (Å²) in [4.78, 5) is 33.9. The lowest BCUT2D eigenvalue weighted by atomic mass is 9.56. The Morgan fingerprint density at radius 2 is 1.67 bits per heavy atom. The van der Waals surface area contributed by atoms with E-state index in [0.29, 0.717) is 62.2 Å². The molecule has 0 radical (unpaired) electrons. The fourth-order valence-corrected chi connectivity index (χ4v) is 15.5. The maximum Gasteiger partial charge on any atom is 0.173 e. The molecule has 0 unspecified atom stereocenters. The number of carbonyl (C=O) groups is 2. The van der Waals surface area contributed by atoms with Gasteiger partial charge in [0, 0.05) is 79.6 Å². The van der Waals surface area contributed by atoms with Gasteiger partial charge in [-0.25, -0.2) is 0 Å². The number of aromatic hydroxyl groups is 2. The number of phenolic OH excluding ortho intramolecular Hbond substituents is 2. The van der Waals surface area contributed by atoms with Crippen LogP contribution in [-0.2, 0) is 34.3 Å². The van der Waals surface area contributed by atoms with Crippen molar-refractivity contribution in [1.82, 2.24) is 15.6 Å². The first kappa shape index (κ1) is 59.9. The van der Waals surface area contributed by atoms with E-state index in [1.54, 1.807) is 12.1 Å². The predicted molar refractivity (Wildman–Crippen MR) is 335 cm³/mol. The lowest BCUT2D eigenvalue weighted by Gasteiger charge is -2.49. The number of aliphatic hydroxyl groups excluding tert-OH is 3. The van der Waals surface area contributed by atoms with Crippen molar-refractivity contribution in [2.75, 3.05) is 32.1 Å². The van der Waals surface area contributed by atoms with E-state index in [-0.39, 0.29) is 66.1 Å². The number of hydrogen-bond acceptors (Lipinski definition) is 11. The van der Waals surface area contributed by atoms with Gasteiger partial charge in [0.1, 0.15) is 11.6 Å². The van der Waals surface area contributed by atoms with Gasteiger partial charge in [0.05, 0.1) is 30.7 Å². The van der Waals surface area contributed by atoms with Crippen molar-refractivity contribution in [3.63, 3.8) is 0 Å². The number of phenols is 2. The highest BCUT2D eigenvalue weighted by Gasteiger charge is 2.53. The van der Waals surface area contributed by atoms with Crippen LogP contribution in [-0.4, -0.2) is 87.1 Å². The molecule has 1 aromatic heterocycles. The number of allylic oxidation sites excluding steroid dienone is 2. The first-order chi connectivity index (χ1) is 41.2. The number of Topliss-reactive ketones (excluding diaryl/α,β-unsaturated/α-hetero) is 2. The van der Waals surface area contributed by atoms with E-state index in [4.69, 9.17) is 4.74 Å². The molecule has 2 fully saturated rings. The van der Waals surface area contributed by atoms with E-state index in [0.717, 1.165) is 120 Å². The normalized spacial score (nSPS) is 29.5. The number of ether oxygens (including phenoxy) is 1. The zero-order valence-electron chi connectivity index (χ0n) is 50.2. The van der Waals surface area contributed by atoms with Crippen LogP contribution in [0.15, 0.2) is 103 Å². The Kier molecular flexibility index (Phi) is 18.6. The number of nitrogens with one attached hydrogen (secondary N) is 4. The summed E-state index contributed by atoms with van der Waals surface area (Å²) < 4.78 is 5.65. The third-order valence-electron chi connectivity index (χ3n) is 20.2. The molecule has 12 heteroatoms. The molecule has 2 saturated carbocycles. The number of methoxy groups -OCH3 is 1. The Hall–Kier alpha value is -6.80. The van der Waals surface area contributed by atoms with Gasteiger partial charge in [-0.1, -0.05) is 106 Å². The molecule has 448 valence electrons. The van der Waals surface area contributed by atoms with Crippen molar-refractivity contribution in [2.24, 2.45) is 41.4 Å². The number of ketones is 2. The average molecular weight is 1150 g/mol. The molecule has 12 atom stereocenters. The van der Waals surface area contributed by atoms with Gasteiger partial charge in [-0.15, -0.1) is 5.92 Å². The first-order valence-corrected chi connectivity index (χ1v) is 31.8. The van der Waals surface area contributed by atoms with E-state index in [1.165, 1.54) is 7.11 Å². The maximum absolute atomic E-state index is 15.6. The van der Waals surface area contributed by atoms with Gasteiger partial charge in [-0.2, -0.15) is 0 Å². The summed E-state index contributed by atoms with van der Waals surface area (Å²) in [6, 6.07) is 24.0. The quantitative estimate of drug-likeness (QED) is 0.0600. The molecule has 5 aromatic rings. The second-order valence-electron chi connectivity index (χ2n) is 26.2. The summed E-state index contributed by atoms with van der Waals surface area (Å²) in [6.07, 6.45) is 14.2. The van der Waals surface area contributed by atoms with Gasteiger partial charge < -0.3 is 51.2 Å². The maximum atomic E-state index is 15.6. The third-order valence-corrected chi connectivity index (χ3v) is 20.2. The fraction of sp³-hybridized carbons (Fsp3) is 0.507. The minimum Gasteiger partial charge on any atom is -0.507 e. The van der Waals surface area contributed by atoms with E-state index in [9.17, 15) is 30.3 Å². The molecule has 4 aliphatic carbocycles. The van der Waals surface area contributed by atoms with Crippen LogP contribution in [0, 0.1) is 65.1 Å². The zero-order chi connectivity index (χ0) is 59.4. The molecular formula is C73H88N4O8. The summed E-state index contributed by atoms with van der Waals surface area (Å²) in [5, 5.41) is 73.1. The Balaban J connectivity index is 1.07. The lowest BCUT2D eigenvalue weighted by molar-refractivity contribution is -0.142. The molecule has 4 aromatic carbocycles. The monoisotopic (exact) mass is 1150 g/mol. The van der Waals surface area contributed by atoms with E-state index in [2.05, 4.69) is 108 Å². The number of hydrogen-bond donors (Lipinski definition) is 9. The van der Waals surface area contributed by atoms with Crippen molar-refractivity contribution in [3.8, 4) is 40.9 Å². The van der Waals surface area contributed by atoms with E-state index in [1.807, 2.05) is 36.4 Å². The van der Waals surface area contributed by atoms with E-state index < -0.39 is 53.0 Å². The molecule has 0 amide bonds. The smallest absolute Gasteiger partial charge is 0.173 e. The zero-order valence-corrected chi connectivity index (χ0v) is 50.2. The second kappa shape index (κ2) is 26.4. The Morgan fingerprint density at radius 1 is 0.835 bits per heavy atom. The van der Waals surface area contributed by atoms with Gasteiger partial charge in [-0.3, -0.25) is 9.59 Å². The summed E-state index contributed by atoms with van der Waals surface area (Å²) in [5.41, 5.74) is 7.61. The highest BCUT2D eigenvalue weighted by Crippen LogP contribution is 2.53. The van der Waals surface area contributed by atoms with Crippen molar-refractivity contribution in [2.45, 2.75) is 165 Å². The van der Waals surface area contributed by atoms with Gasteiger partial charge in [-0.05, 0) is 181 Å². The number of benzene rings is 4. The minimum atomic E-state index is -1.86. The Morgan fingerprint density at radius 3 is 2.52 bits per heavy atom. The molecule has 12 nitrogen and oxygen atoms in total. The number of aromatic amines is 1. The highest BCUT2D eigenvalue weighted by atomic mass is 16.5. The van der Waals surface area contributed by atoms with Crippen LogP contribution in [0.3, 0.4) is 0 Å².